The van der Waals surface area contributed by atoms with Crippen molar-refractivity contribution >= 4 is 30.7 Å². The Hall–Kier alpha value is -1.63. The number of amides is 1. The first-order valence-electron chi connectivity index (χ1n) is 7.97. The summed E-state index contributed by atoms with van der Waals surface area (Å²) >= 11 is 0. The molecule has 6 nitrogen and oxygen atoms in total. The van der Waals surface area contributed by atoms with Crippen molar-refractivity contribution < 1.29 is 4.79 Å². The average Bonchev–Trinajstić information content (AvgIpc) is 2.82. The van der Waals surface area contributed by atoms with E-state index in [1.807, 2.05) is 48.8 Å². The Balaban J connectivity index is 0.00000156. The van der Waals surface area contributed by atoms with Crippen LogP contribution in [0.1, 0.15) is 28.6 Å². The molecule has 1 atom stereocenters. The van der Waals surface area contributed by atoms with Gasteiger partial charge in [-0.15, -0.1) is 24.8 Å². The molecule has 2 aromatic rings. The molecule has 0 aliphatic carbocycles. The van der Waals surface area contributed by atoms with E-state index in [4.69, 9.17) is 0 Å². The summed E-state index contributed by atoms with van der Waals surface area (Å²) in [6, 6.07) is 4.00. The summed E-state index contributed by atoms with van der Waals surface area (Å²) in [7, 11) is 1.92. The Kier molecular flexibility index (Phi) is 7.86. The van der Waals surface area contributed by atoms with Crippen LogP contribution in [0.3, 0.4) is 0 Å². The smallest absolute Gasteiger partial charge is 0.227 e. The third-order valence-electron chi connectivity index (χ3n) is 4.62. The number of aryl methyl sites for hydroxylation is 2. The van der Waals surface area contributed by atoms with Gasteiger partial charge in [-0.2, -0.15) is 5.10 Å². The average molecular weight is 386 g/mol. The van der Waals surface area contributed by atoms with Crippen molar-refractivity contribution in [2.75, 3.05) is 19.6 Å². The Morgan fingerprint density at radius 1 is 1.36 bits per heavy atom. The van der Waals surface area contributed by atoms with E-state index in [0.29, 0.717) is 6.42 Å². The lowest BCUT2D eigenvalue weighted by molar-refractivity contribution is -0.133. The van der Waals surface area contributed by atoms with E-state index >= 15 is 0 Å². The van der Waals surface area contributed by atoms with Gasteiger partial charge >= 0.3 is 0 Å². The fraction of sp³-hybridized carbons (Fsp3) is 0.471. The molecule has 0 spiro atoms. The van der Waals surface area contributed by atoms with Crippen LogP contribution in [0.25, 0.3) is 0 Å². The van der Waals surface area contributed by atoms with Crippen molar-refractivity contribution in [3.63, 3.8) is 0 Å². The van der Waals surface area contributed by atoms with Crippen LogP contribution in [-0.4, -0.2) is 45.2 Å². The number of pyridine rings is 1. The van der Waals surface area contributed by atoms with E-state index < -0.39 is 0 Å². The zero-order valence-electron chi connectivity index (χ0n) is 14.7. The molecule has 0 bridgehead atoms. The van der Waals surface area contributed by atoms with Gasteiger partial charge in [0.1, 0.15) is 0 Å². The quantitative estimate of drug-likeness (QED) is 0.877. The fourth-order valence-corrected chi connectivity index (χ4v) is 3.20. The molecule has 1 amide bonds. The maximum absolute atomic E-state index is 12.9. The molecule has 0 saturated carbocycles. The molecule has 1 aliphatic rings. The second-order valence-electron chi connectivity index (χ2n) is 6.04. The van der Waals surface area contributed by atoms with Crippen molar-refractivity contribution in [1.82, 2.24) is 25.0 Å². The van der Waals surface area contributed by atoms with Crippen LogP contribution in [0, 0.1) is 13.8 Å². The fourth-order valence-electron chi connectivity index (χ4n) is 3.20. The van der Waals surface area contributed by atoms with E-state index in [1.165, 1.54) is 0 Å². The van der Waals surface area contributed by atoms with Gasteiger partial charge in [0.25, 0.3) is 0 Å². The minimum Gasteiger partial charge on any atom is -0.333 e. The monoisotopic (exact) mass is 385 g/mol. The minimum absolute atomic E-state index is 0. The lowest BCUT2D eigenvalue weighted by Gasteiger charge is -2.36. The normalized spacial score (nSPS) is 16.8. The molecule has 25 heavy (non-hydrogen) atoms. The number of nitrogens with one attached hydrogen (secondary N) is 1. The maximum atomic E-state index is 12.9. The number of piperazine rings is 1. The highest BCUT2D eigenvalue weighted by molar-refractivity contribution is 5.85. The Labute approximate surface area is 160 Å². The Bertz CT molecular complexity index is 705. The first kappa shape index (κ1) is 21.4. The first-order chi connectivity index (χ1) is 11.1. The number of halogens is 2. The molecule has 138 valence electrons. The van der Waals surface area contributed by atoms with Crippen LogP contribution < -0.4 is 5.32 Å². The molecule has 0 radical (unpaired) electrons. The van der Waals surface area contributed by atoms with Gasteiger partial charge in [-0.3, -0.25) is 14.5 Å². The van der Waals surface area contributed by atoms with Crippen LogP contribution in [0.15, 0.2) is 24.5 Å². The number of aromatic nitrogens is 3. The highest BCUT2D eigenvalue weighted by Crippen LogP contribution is 2.23. The van der Waals surface area contributed by atoms with Crippen molar-refractivity contribution in [3.05, 3.63) is 47.0 Å². The van der Waals surface area contributed by atoms with E-state index in [1.54, 1.807) is 6.20 Å². The number of nitrogens with zero attached hydrogens (tertiary/aromatic N) is 4. The SMILES string of the molecule is Cc1nn(C)c(C)c1CC(=O)N1CCNCC1c1cccnc1.Cl.Cl. The van der Waals surface area contributed by atoms with E-state index in [-0.39, 0.29) is 36.8 Å². The summed E-state index contributed by atoms with van der Waals surface area (Å²) in [5, 5.41) is 7.78. The van der Waals surface area contributed by atoms with Gasteiger partial charge in [0.2, 0.25) is 5.91 Å². The molecule has 3 rings (SSSR count). The third-order valence-corrected chi connectivity index (χ3v) is 4.62. The molecule has 2 aromatic heterocycles. The third kappa shape index (κ3) is 4.51. The van der Waals surface area contributed by atoms with E-state index in [9.17, 15) is 4.79 Å². The Morgan fingerprint density at radius 2 is 2.12 bits per heavy atom. The first-order valence-corrected chi connectivity index (χ1v) is 7.97. The largest absolute Gasteiger partial charge is 0.333 e. The summed E-state index contributed by atoms with van der Waals surface area (Å²) in [5.41, 5.74) is 4.11. The molecule has 1 unspecified atom stereocenters. The summed E-state index contributed by atoms with van der Waals surface area (Å²) in [4.78, 5) is 19.1. The molecule has 0 aromatic carbocycles. The van der Waals surface area contributed by atoms with Crippen LogP contribution in [-0.2, 0) is 18.3 Å². The van der Waals surface area contributed by atoms with Gasteiger partial charge in [-0.1, -0.05) is 6.07 Å². The van der Waals surface area contributed by atoms with Gasteiger partial charge < -0.3 is 10.2 Å². The van der Waals surface area contributed by atoms with Crippen LogP contribution >= 0.6 is 24.8 Å². The van der Waals surface area contributed by atoms with Gasteiger partial charge in [0, 0.05) is 50.3 Å². The van der Waals surface area contributed by atoms with E-state index in [0.717, 1.165) is 42.1 Å². The topological polar surface area (TPSA) is 63.1 Å². The minimum atomic E-state index is 0. The maximum Gasteiger partial charge on any atom is 0.227 e. The van der Waals surface area contributed by atoms with Crippen LogP contribution in [0.5, 0.6) is 0 Å². The van der Waals surface area contributed by atoms with Crippen LogP contribution in [0.4, 0.5) is 0 Å². The lowest BCUT2D eigenvalue weighted by Crippen LogP contribution is -2.49. The Morgan fingerprint density at radius 3 is 2.72 bits per heavy atom. The van der Waals surface area contributed by atoms with Crippen molar-refractivity contribution in [2.45, 2.75) is 26.3 Å². The summed E-state index contributed by atoms with van der Waals surface area (Å²) in [5.74, 6) is 0.152. The summed E-state index contributed by atoms with van der Waals surface area (Å²) < 4.78 is 1.84. The predicted octanol–water partition coefficient (Wildman–Crippen LogP) is 1.99. The van der Waals surface area contributed by atoms with Crippen molar-refractivity contribution in [1.29, 1.82) is 0 Å². The van der Waals surface area contributed by atoms with Crippen molar-refractivity contribution in [2.24, 2.45) is 7.05 Å². The zero-order valence-corrected chi connectivity index (χ0v) is 16.4. The van der Waals surface area contributed by atoms with E-state index in [2.05, 4.69) is 15.4 Å². The lowest BCUT2D eigenvalue weighted by atomic mass is 10.0. The zero-order chi connectivity index (χ0) is 16.4. The summed E-state index contributed by atoms with van der Waals surface area (Å²) in [6.45, 7) is 6.29. The molecule has 3 heterocycles. The standard InChI is InChI=1S/C17H23N5O.2ClH/c1-12-15(13(2)21(3)20-12)9-17(23)22-8-7-19-11-16(22)14-5-4-6-18-10-14;;/h4-6,10,16,19H,7-9,11H2,1-3H3;2*1H. The molecule has 1 aliphatic heterocycles. The van der Waals surface area contributed by atoms with Crippen molar-refractivity contribution in [3.8, 4) is 0 Å². The highest BCUT2D eigenvalue weighted by Gasteiger charge is 2.28. The molecule has 8 heteroatoms. The summed E-state index contributed by atoms with van der Waals surface area (Å²) in [6.07, 6.45) is 4.01. The number of carbonyl (C=O) groups is 1. The van der Waals surface area contributed by atoms with Gasteiger partial charge in [-0.25, -0.2) is 0 Å². The predicted molar refractivity (Wildman–Crippen MR) is 102 cm³/mol. The van der Waals surface area contributed by atoms with Gasteiger partial charge in [-0.05, 0) is 25.5 Å². The highest BCUT2D eigenvalue weighted by atomic mass is 35.5. The molecular formula is C17H25Cl2N5O. The second-order valence-corrected chi connectivity index (χ2v) is 6.04. The number of hydrogen-bond acceptors (Lipinski definition) is 4. The molecule has 1 N–H and O–H groups in total. The molecule has 1 saturated heterocycles. The second kappa shape index (κ2) is 9.17. The van der Waals surface area contributed by atoms with Gasteiger partial charge in [0.05, 0.1) is 18.2 Å². The molecule has 1 fully saturated rings. The molecular weight excluding hydrogens is 361 g/mol. The van der Waals surface area contributed by atoms with Gasteiger partial charge in [0.15, 0.2) is 0 Å². The van der Waals surface area contributed by atoms with Crippen LogP contribution in [0.2, 0.25) is 0 Å². The number of carbonyl (C=O) groups excluding carboxylic acids is 1. The number of hydrogen-bond donors (Lipinski definition) is 1. The number of rotatable bonds is 3.